The molecule has 0 saturated heterocycles. The minimum atomic E-state index is -2.72. The van der Waals surface area contributed by atoms with E-state index >= 15 is 0 Å². The van der Waals surface area contributed by atoms with E-state index in [0.717, 1.165) is 78.0 Å². The number of thioether (sulfide) groups is 4. The monoisotopic (exact) mass is 1690 g/mol. The molecule has 0 aromatic rings. The normalized spacial score (nSPS) is 13.7. The SMILES string of the molecule is CC(C)CCCN(CCCC(=O)OCC(O)CCSCCC(=O)COC(OCC(=O)CCSCCC(O)COC(=O)CCCN(CCCC(C)C)C(C)C)(OCC(=O)CCSCCC(O)COC(=O)NCCN(CCNC(C)C)C(C)C)OCC(=O)CCSCCC(O)COC(=O)NCCN(CCNC(C)C)C(C)C)C(C)C. The van der Waals surface area contributed by atoms with Crippen LogP contribution in [0.25, 0.3) is 0 Å². The van der Waals surface area contributed by atoms with Gasteiger partial charge in [0.1, 0.15) is 52.9 Å². The first-order valence-corrected chi connectivity index (χ1v) is 46.4. The fourth-order valence-electron chi connectivity index (χ4n) is 10.9. The van der Waals surface area contributed by atoms with Gasteiger partial charge in [-0.3, -0.25) is 57.5 Å². The van der Waals surface area contributed by atoms with E-state index in [4.69, 9.17) is 37.9 Å². The first kappa shape index (κ1) is 110. The number of Topliss-reactive ketones (excluding diaryl/α,β-unsaturated/α-hetero) is 4. The molecule has 0 aromatic heterocycles. The maximum absolute atomic E-state index is 13.6. The Labute approximate surface area is 697 Å². The maximum Gasteiger partial charge on any atom is 0.414 e. The molecule has 0 bridgehead atoms. The van der Waals surface area contributed by atoms with Crippen molar-refractivity contribution in [3.05, 3.63) is 0 Å². The number of esters is 2. The predicted molar refractivity (Wildman–Crippen MR) is 457 cm³/mol. The van der Waals surface area contributed by atoms with Crippen LogP contribution in [-0.4, -0.2) is 332 Å². The van der Waals surface area contributed by atoms with Crippen LogP contribution in [0.2, 0.25) is 0 Å². The molecule has 0 aliphatic carbocycles. The van der Waals surface area contributed by atoms with E-state index in [0.29, 0.717) is 134 Å². The summed E-state index contributed by atoms with van der Waals surface area (Å²) in [4.78, 5) is 114. The van der Waals surface area contributed by atoms with Crippen LogP contribution in [0.1, 0.15) is 214 Å². The van der Waals surface area contributed by atoms with Gasteiger partial charge in [-0.15, -0.1) is 0 Å². The lowest BCUT2D eigenvalue weighted by Crippen LogP contribution is -2.46. The summed E-state index contributed by atoms with van der Waals surface area (Å²) in [6, 6.07) is 1.99. The number of rotatable bonds is 78. The molecule has 0 spiro atoms. The Balaban J connectivity index is 6.15. The quantitative estimate of drug-likeness (QED) is 0.0122. The van der Waals surface area contributed by atoms with Crippen molar-refractivity contribution in [2.75, 3.05) is 177 Å². The number of carbonyl (C=O) groups is 8. The fourth-order valence-corrected chi connectivity index (χ4v) is 15.0. The number of nitrogens with zero attached hydrogens (tertiary/aromatic N) is 4. The average Bonchev–Trinajstić information content (AvgIpc) is 0.850. The lowest BCUT2D eigenvalue weighted by atomic mass is 10.1. The molecule has 8 N–H and O–H groups in total. The number of ether oxygens (including phenoxy) is 8. The molecule has 4 unspecified atom stereocenters. The van der Waals surface area contributed by atoms with Crippen molar-refractivity contribution in [2.45, 2.75) is 280 Å². The summed E-state index contributed by atoms with van der Waals surface area (Å²) in [5, 5.41) is 54.9. The van der Waals surface area contributed by atoms with Crippen molar-refractivity contribution >= 4 is 94.3 Å². The standard InChI is InChI=1S/C81H156N8O20S4/c1-61(2)21-17-37-86(65(9)10)39-19-23-77(98)102-53-69(90)25-45-110-49-29-73(94)57-106-81(107-58-74(95)30-50-111-46-26-70(91)54-103-78(99)24-20-40-87(66(11)12)38-18-22-62(3)4,108-59-75(96)31-51-112-47-27-71(92)55-104-79(100)84-35-43-88(67(13)14)41-33-82-63(5)6)109-60-76(97)32-52-113-48-28-72(93)56-105-80(101)85-36-44-89(68(15)16)42-34-83-64(7)8/h61-72,82-83,90-93H,17-60H2,1-16H3,(H,84,100)(H,85,101). The summed E-state index contributed by atoms with van der Waals surface area (Å²) in [6.07, 6.45) is -0.529. The Kier molecular flexibility index (Phi) is 67.9. The molecule has 0 saturated carbocycles. The van der Waals surface area contributed by atoms with Gasteiger partial charge in [0.15, 0.2) is 23.1 Å². The van der Waals surface area contributed by atoms with Crippen LogP contribution < -0.4 is 21.3 Å². The summed E-state index contributed by atoms with van der Waals surface area (Å²) in [5.74, 6) is 1.58. The zero-order valence-electron chi connectivity index (χ0n) is 72.3. The molecule has 0 aliphatic rings. The van der Waals surface area contributed by atoms with Gasteiger partial charge in [-0.2, -0.15) is 47.0 Å². The summed E-state index contributed by atoms with van der Waals surface area (Å²) in [5.41, 5.74) is 0. The highest BCUT2D eigenvalue weighted by atomic mass is 32.2. The predicted octanol–water partition coefficient (Wildman–Crippen LogP) is 9.25. The van der Waals surface area contributed by atoms with E-state index in [2.05, 4.69) is 152 Å². The van der Waals surface area contributed by atoms with Gasteiger partial charge < -0.3 is 70.4 Å². The third-order valence-corrected chi connectivity index (χ3v) is 22.1. The van der Waals surface area contributed by atoms with Crippen LogP contribution in [-0.2, 0) is 66.7 Å². The second-order valence-corrected chi connectivity index (χ2v) is 36.4. The molecule has 664 valence electrons. The third kappa shape index (κ3) is 66.5. The van der Waals surface area contributed by atoms with Gasteiger partial charge in [0.2, 0.25) is 0 Å². The average molecular weight is 1690 g/mol. The Morgan fingerprint density at radius 2 is 0.575 bits per heavy atom. The molecule has 2 amide bonds. The van der Waals surface area contributed by atoms with Crippen molar-refractivity contribution in [3.63, 3.8) is 0 Å². The van der Waals surface area contributed by atoms with E-state index in [1.807, 2.05) is 0 Å². The smallest absolute Gasteiger partial charge is 0.414 e. The molecule has 4 atom stereocenters. The van der Waals surface area contributed by atoms with E-state index in [-0.39, 0.29) is 102 Å². The van der Waals surface area contributed by atoms with Crippen LogP contribution >= 0.6 is 47.0 Å². The van der Waals surface area contributed by atoms with E-state index in [1.165, 1.54) is 47.0 Å². The summed E-state index contributed by atoms with van der Waals surface area (Å²) < 4.78 is 45.3. The van der Waals surface area contributed by atoms with Crippen LogP contribution in [0.3, 0.4) is 0 Å². The number of aliphatic hydroxyl groups excluding tert-OH is 4. The molecule has 28 nitrogen and oxygen atoms in total. The highest BCUT2D eigenvalue weighted by Crippen LogP contribution is 2.22. The summed E-state index contributed by atoms with van der Waals surface area (Å²) in [7, 11) is 0. The molecular weight excluding hydrogens is 1530 g/mol. The molecule has 0 aromatic carbocycles. The van der Waals surface area contributed by atoms with Crippen LogP contribution in [0.5, 0.6) is 0 Å². The Morgan fingerprint density at radius 3 is 0.841 bits per heavy atom. The van der Waals surface area contributed by atoms with Crippen LogP contribution in [0.15, 0.2) is 0 Å². The molecule has 0 radical (unpaired) electrons. The van der Waals surface area contributed by atoms with Crippen molar-refractivity contribution in [2.24, 2.45) is 11.8 Å². The van der Waals surface area contributed by atoms with E-state index in [9.17, 15) is 58.8 Å². The zero-order chi connectivity index (χ0) is 84.8. The minimum absolute atomic E-state index is 0.0307. The van der Waals surface area contributed by atoms with Gasteiger partial charge in [-0.05, 0) is 181 Å². The van der Waals surface area contributed by atoms with Crippen molar-refractivity contribution in [1.29, 1.82) is 0 Å². The maximum atomic E-state index is 13.6. The van der Waals surface area contributed by atoms with Crippen molar-refractivity contribution in [3.8, 4) is 0 Å². The number of hydrogen-bond acceptors (Lipinski definition) is 30. The molecular formula is C81H156N8O20S4. The third-order valence-electron chi connectivity index (χ3n) is 18.1. The number of hydrogen-bond donors (Lipinski definition) is 8. The number of alkyl carbamates (subject to hydrolysis) is 2. The highest BCUT2D eigenvalue weighted by molar-refractivity contribution is 7.99. The van der Waals surface area contributed by atoms with Gasteiger partial charge in [-0.25, -0.2) is 9.59 Å². The molecule has 0 rings (SSSR count). The Hall–Kier alpha value is -3.00. The van der Waals surface area contributed by atoms with Gasteiger partial charge in [-0.1, -0.05) is 55.4 Å². The summed E-state index contributed by atoms with van der Waals surface area (Å²) >= 11 is 5.50. The molecule has 0 aliphatic heterocycles. The van der Waals surface area contributed by atoms with Gasteiger partial charge in [0, 0.05) is 150 Å². The number of amides is 2. The second kappa shape index (κ2) is 69.8. The lowest BCUT2D eigenvalue weighted by molar-refractivity contribution is -0.489. The first-order valence-electron chi connectivity index (χ1n) is 41.8. The summed E-state index contributed by atoms with van der Waals surface area (Å²) in [6.45, 7) is 39.3. The van der Waals surface area contributed by atoms with Gasteiger partial charge in [0.25, 0.3) is 0 Å². The van der Waals surface area contributed by atoms with Crippen LogP contribution in [0.4, 0.5) is 9.59 Å². The highest BCUT2D eigenvalue weighted by Gasteiger charge is 2.39. The second-order valence-electron chi connectivity index (χ2n) is 31.5. The molecule has 113 heavy (non-hydrogen) atoms. The van der Waals surface area contributed by atoms with Gasteiger partial charge in [0.05, 0.1) is 24.4 Å². The number of nitrogens with one attached hydrogen (secondary N) is 4. The minimum Gasteiger partial charge on any atom is -0.463 e. The largest absolute Gasteiger partial charge is 0.463 e. The van der Waals surface area contributed by atoms with E-state index < -0.39 is 92.3 Å². The Morgan fingerprint density at radius 1 is 0.319 bits per heavy atom. The first-order chi connectivity index (χ1) is 53.6. The van der Waals surface area contributed by atoms with E-state index in [1.54, 1.807) is 0 Å². The van der Waals surface area contributed by atoms with Crippen molar-refractivity contribution < 1.29 is 96.7 Å². The van der Waals surface area contributed by atoms with Crippen molar-refractivity contribution in [1.82, 2.24) is 40.9 Å². The van der Waals surface area contributed by atoms with Gasteiger partial charge >= 0.3 is 30.3 Å². The number of aliphatic hydroxyl groups is 4. The molecule has 0 fully saturated rings. The lowest BCUT2D eigenvalue weighted by Gasteiger charge is -2.31. The molecule has 32 heteroatoms. The number of ketones is 4. The fraction of sp³-hybridized carbons (Fsp3) is 0.901. The molecule has 0 heterocycles. The van der Waals surface area contributed by atoms with Crippen LogP contribution in [0, 0.1) is 11.8 Å². The zero-order valence-corrected chi connectivity index (χ0v) is 75.5. The number of carbonyl (C=O) groups excluding carboxylic acids is 8. The Bertz CT molecular complexity index is 2140. The topological polar surface area (TPSA) is 352 Å².